The van der Waals surface area contributed by atoms with Crippen molar-refractivity contribution in [2.75, 3.05) is 26.2 Å². The van der Waals surface area contributed by atoms with E-state index in [1.165, 1.54) is 57.9 Å². The maximum absolute atomic E-state index is 13.5. The summed E-state index contributed by atoms with van der Waals surface area (Å²) in [4.78, 5) is 13.7. The van der Waals surface area contributed by atoms with Gasteiger partial charge in [-0.1, -0.05) is 28.4 Å². The van der Waals surface area contributed by atoms with Crippen molar-refractivity contribution in [2.45, 2.75) is 4.90 Å². The molecule has 2 heterocycles. The predicted molar refractivity (Wildman–Crippen MR) is 119 cm³/mol. The van der Waals surface area contributed by atoms with E-state index < -0.39 is 10.0 Å². The molecule has 0 radical (unpaired) electrons. The molecule has 33 heavy (non-hydrogen) atoms. The highest BCUT2D eigenvalue weighted by molar-refractivity contribution is 7.89. The third-order valence-electron chi connectivity index (χ3n) is 4.93. The topological polar surface area (TPSA) is 117 Å². The van der Waals surface area contributed by atoms with Crippen molar-refractivity contribution in [1.82, 2.24) is 14.4 Å². The van der Waals surface area contributed by atoms with Crippen LogP contribution < -0.4 is 4.74 Å². The fraction of sp³-hybridized carbons (Fsp3) is 0.190. The summed E-state index contributed by atoms with van der Waals surface area (Å²) in [6.45, 7) is 0.441. The number of halogens is 2. The average Bonchev–Trinajstić information content (AvgIpc) is 3.33. The summed E-state index contributed by atoms with van der Waals surface area (Å²) in [6.07, 6.45) is 1.37. The fourth-order valence-electron chi connectivity index (χ4n) is 3.33. The van der Waals surface area contributed by atoms with E-state index in [1.54, 1.807) is 0 Å². The zero-order chi connectivity index (χ0) is 23.6. The van der Waals surface area contributed by atoms with Gasteiger partial charge in [0.15, 0.2) is 0 Å². The first-order chi connectivity index (χ1) is 15.8. The minimum atomic E-state index is -4.05. The van der Waals surface area contributed by atoms with Crippen LogP contribution in [0.5, 0.6) is 11.5 Å². The van der Waals surface area contributed by atoms with Crippen LogP contribution in [0.3, 0.4) is 0 Å². The van der Waals surface area contributed by atoms with Crippen molar-refractivity contribution in [1.29, 1.82) is 5.26 Å². The van der Waals surface area contributed by atoms with Crippen molar-refractivity contribution in [3.63, 3.8) is 0 Å². The molecule has 0 aliphatic carbocycles. The van der Waals surface area contributed by atoms with Gasteiger partial charge in [-0.05, 0) is 36.4 Å². The van der Waals surface area contributed by atoms with Crippen LogP contribution in [0, 0.1) is 11.3 Å². The molecule has 1 aliphatic rings. The Balaban J connectivity index is 1.59. The SMILES string of the molecule is N#Cc1ccc(Oc2cc(Cl)cc(Cl)c2)c(S(=O)(=O)N2CCN(C(=O)c3ccno3)CC2)c1. The number of aromatic nitrogens is 1. The smallest absolute Gasteiger partial charge is 0.292 e. The molecule has 1 aliphatic heterocycles. The van der Waals surface area contributed by atoms with E-state index in [4.69, 9.17) is 32.5 Å². The summed E-state index contributed by atoms with van der Waals surface area (Å²) in [7, 11) is -4.05. The standard InChI is InChI=1S/C21H16Cl2N4O5S/c22-15-10-16(23)12-17(11-15)31-18-2-1-14(13-24)9-20(18)33(29,30)27-7-5-26(6-8-27)21(28)19-3-4-25-32-19/h1-4,9-12H,5-8H2. The number of nitrogens with zero attached hydrogens (tertiary/aromatic N) is 4. The number of benzene rings is 2. The second-order valence-electron chi connectivity index (χ2n) is 7.05. The molecule has 170 valence electrons. The van der Waals surface area contributed by atoms with Gasteiger partial charge in [0.25, 0.3) is 5.91 Å². The van der Waals surface area contributed by atoms with Crippen LogP contribution in [0.1, 0.15) is 16.1 Å². The maximum Gasteiger partial charge on any atom is 0.292 e. The van der Waals surface area contributed by atoms with Crippen molar-refractivity contribution in [3.05, 3.63) is 70.0 Å². The van der Waals surface area contributed by atoms with Crippen LogP contribution in [-0.4, -0.2) is 54.9 Å². The van der Waals surface area contributed by atoms with Gasteiger partial charge in [-0.2, -0.15) is 9.57 Å². The van der Waals surface area contributed by atoms with E-state index in [9.17, 15) is 18.5 Å². The number of hydrogen-bond acceptors (Lipinski definition) is 7. The van der Waals surface area contributed by atoms with Gasteiger partial charge in [0, 0.05) is 42.3 Å². The molecule has 4 rings (SSSR count). The minimum Gasteiger partial charge on any atom is -0.456 e. The predicted octanol–water partition coefficient (Wildman–Crippen LogP) is 3.79. The van der Waals surface area contributed by atoms with Gasteiger partial charge in [-0.25, -0.2) is 8.42 Å². The van der Waals surface area contributed by atoms with Gasteiger partial charge in [0.05, 0.1) is 17.8 Å². The van der Waals surface area contributed by atoms with E-state index in [0.717, 1.165) is 0 Å². The van der Waals surface area contributed by atoms with E-state index >= 15 is 0 Å². The third-order valence-corrected chi connectivity index (χ3v) is 7.29. The quantitative estimate of drug-likeness (QED) is 0.516. The molecule has 0 spiro atoms. The Morgan fingerprint density at radius 2 is 1.76 bits per heavy atom. The molecule has 0 N–H and O–H groups in total. The van der Waals surface area contributed by atoms with Crippen LogP contribution >= 0.6 is 23.2 Å². The van der Waals surface area contributed by atoms with Gasteiger partial charge in [0.2, 0.25) is 15.8 Å². The van der Waals surface area contributed by atoms with Crippen molar-refractivity contribution in [2.24, 2.45) is 0 Å². The molecule has 9 nitrogen and oxygen atoms in total. The van der Waals surface area contributed by atoms with Gasteiger partial charge in [-0.3, -0.25) is 4.79 Å². The first kappa shape index (κ1) is 23.1. The molecular formula is C21H16Cl2N4O5S. The Kier molecular flexibility index (Phi) is 6.58. The van der Waals surface area contributed by atoms with Crippen LogP contribution in [0.4, 0.5) is 0 Å². The maximum atomic E-state index is 13.5. The summed E-state index contributed by atoms with van der Waals surface area (Å²) in [5.41, 5.74) is 0.157. The molecule has 0 bridgehead atoms. The lowest BCUT2D eigenvalue weighted by Crippen LogP contribution is -2.50. The van der Waals surface area contributed by atoms with E-state index in [2.05, 4.69) is 5.16 Å². The second-order valence-corrected chi connectivity index (χ2v) is 9.83. The normalized spacial score (nSPS) is 14.6. The highest BCUT2D eigenvalue weighted by Gasteiger charge is 2.33. The van der Waals surface area contributed by atoms with Crippen molar-refractivity contribution in [3.8, 4) is 17.6 Å². The number of ether oxygens (including phenoxy) is 1. The second kappa shape index (κ2) is 9.41. The lowest BCUT2D eigenvalue weighted by molar-refractivity contribution is 0.0656. The molecule has 0 saturated carbocycles. The number of nitriles is 1. The average molecular weight is 507 g/mol. The largest absolute Gasteiger partial charge is 0.456 e. The van der Waals surface area contributed by atoms with E-state index in [0.29, 0.717) is 10.0 Å². The molecule has 0 unspecified atom stereocenters. The molecule has 1 fully saturated rings. The molecule has 2 aromatic carbocycles. The molecular weight excluding hydrogens is 491 g/mol. The zero-order valence-electron chi connectivity index (χ0n) is 16.9. The molecule has 0 atom stereocenters. The van der Waals surface area contributed by atoms with Crippen LogP contribution in [0.2, 0.25) is 10.0 Å². The lowest BCUT2D eigenvalue weighted by atomic mass is 10.2. The summed E-state index contributed by atoms with van der Waals surface area (Å²) < 4.78 is 38.8. The molecule has 3 aromatic rings. The number of hydrogen-bond donors (Lipinski definition) is 0. The van der Waals surface area contributed by atoms with Gasteiger partial charge in [0.1, 0.15) is 16.4 Å². The Bertz CT molecular complexity index is 1310. The third kappa shape index (κ3) is 4.96. The first-order valence-electron chi connectivity index (χ1n) is 9.66. The fourth-order valence-corrected chi connectivity index (χ4v) is 5.40. The number of amides is 1. The number of sulfonamides is 1. The van der Waals surface area contributed by atoms with Crippen LogP contribution in [0.15, 0.2) is 58.1 Å². The lowest BCUT2D eigenvalue weighted by Gasteiger charge is -2.33. The van der Waals surface area contributed by atoms with E-state index in [-0.39, 0.29) is 59.8 Å². The van der Waals surface area contributed by atoms with E-state index in [1.807, 2.05) is 6.07 Å². The highest BCUT2D eigenvalue weighted by atomic mass is 35.5. The molecule has 1 amide bonds. The summed E-state index contributed by atoms with van der Waals surface area (Å²) in [5, 5.41) is 13.4. The van der Waals surface area contributed by atoms with Crippen molar-refractivity contribution >= 4 is 39.1 Å². The number of carbonyl (C=O) groups excluding carboxylic acids is 1. The van der Waals surface area contributed by atoms with Crippen LogP contribution in [-0.2, 0) is 10.0 Å². The molecule has 1 aromatic heterocycles. The monoisotopic (exact) mass is 506 g/mol. The number of piperazine rings is 1. The molecule has 12 heteroatoms. The van der Waals surface area contributed by atoms with Crippen LogP contribution in [0.25, 0.3) is 0 Å². The van der Waals surface area contributed by atoms with Gasteiger partial charge >= 0.3 is 0 Å². The Labute approximate surface area is 199 Å². The summed E-state index contributed by atoms with van der Waals surface area (Å²) in [6, 6.07) is 12.0. The zero-order valence-corrected chi connectivity index (χ0v) is 19.3. The van der Waals surface area contributed by atoms with Gasteiger partial charge in [-0.15, -0.1) is 0 Å². The first-order valence-corrected chi connectivity index (χ1v) is 11.9. The summed E-state index contributed by atoms with van der Waals surface area (Å²) in [5.74, 6) is -0.00888. The Hall–Kier alpha value is -3.10. The Morgan fingerprint density at radius 1 is 1.06 bits per heavy atom. The Morgan fingerprint density at radius 3 is 2.36 bits per heavy atom. The number of rotatable bonds is 5. The molecule has 1 saturated heterocycles. The minimum absolute atomic E-state index is 0.0208. The van der Waals surface area contributed by atoms with Gasteiger partial charge < -0.3 is 14.2 Å². The highest BCUT2D eigenvalue weighted by Crippen LogP contribution is 2.34. The summed E-state index contributed by atoms with van der Waals surface area (Å²) >= 11 is 12.0. The van der Waals surface area contributed by atoms with Crippen molar-refractivity contribution < 1.29 is 22.5 Å². The number of carbonyl (C=O) groups is 1.